The molecule has 13 heavy (non-hydrogen) atoms. The molecule has 0 bridgehead atoms. The summed E-state index contributed by atoms with van der Waals surface area (Å²) in [7, 11) is 1.56. The van der Waals surface area contributed by atoms with Gasteiger partial charge in [0.25, 0.3) is 5.91 Å². The van der Waals surface area contributed by atoms with E-state index in [4.69, 9.17) is 5.26 Å². The molecular formula is C9H7IN2O. The molecule has 0 aliphatic carbocycles. The molecule has 0 heterocycles. The molecule has 1 aromatic rings. The zero-order valence-electron chi connectivity index (χ0n) is 6.97. The second-order valence-corrected chi connectivity index (χ2v) is 3.67. The SMILES string of the molecule is CNC(=O)c1cc(I)cc(C#N)c1. The van der Waals surface area contributed by atoms with Gasteiger partial charge in [-0.05, 0) is 40.8 Å². The molecule has 0 atom stereocenters. The molecule has 1 amide bonds. The van der Waals surface area contributed by atoms with Gasteiger partial charge in [0.15, 0.2) is 0 Å². The quantitative estimate of drug-likeness (QED) is 0.796. The Kier molecular flexibility index (Phi) is 3.25. The van der Waals surface area contributed by atoms with Gasteiger partial charge in [-0.2, -0.15) is 5.26 Å². The van der Waals surface area contributed by atoms with Crippen LogP contribution in [0, 0.1) is 14.9 Å². The molecule has 0 aliphatic rings. The highest BCUT2D eigenvalue weighted by molar-refractivity contribution is 14.1. The van der Waals surface area contributed by atoms with Gasteiger partial charge in [0.05, 0.1) is 11.6 Å². The molecule has 1 aromatic carbocycles. The molecule has 0 aromatic heterocycles. The molecule has 0 unspecified atom stereocenters. The second kappa shape index (κ2) is 4.23. The van der Waals surface area contributed by atoms with Gasteiger partial charge in [-0.3, -0.25) is 4.79 Å². The summed E-state index contributed by atoms with van der Waals surface area (Å²) < 4.78 is 0.884. The summed E-state index contributed by atoms with van der Waals surface area (Å²) in [4.78, 5) is 11.2. The number of hydrogen-bond donors (Lipinski definition) is 1. The number of halogens is 1. The fraction of sp³-hybridized carbons (Fsp3) is 0.111. The van der Waals surface area contributed by atoms with E-state index in [1.165, 1.54) is 0 Å². The molecular weight excluding hydrogens is 279 g/mol. The van der Waals surface area contributed by atoms with E-state index in [1.54, 1.807) is 25.2 Å². The fourth-order valence-corrected chi connectivity index (χ4v) is 1.60. The van der Waals surface area contributed by atoms with Crippen LogP contribution in [0.1, 0.15) is 15.9 Å². The number of nitrogens with zero attached hydrogens (tertiary/aromatic N) is 1. The van der Waals surface area contributed by atoms with Crippen LogP contribution < -0.4 is 5.32 Å². The Morgan fingerprint density at radius 2 is 2.23 bits per heavy atom. The number of amides is 1. The van der Waals surface area contributed by atoms with Crippen molar-refractivity contribution in [3.05, 3.63) is 32.9 Å². The number of nitrogens with one attached hydrogen (secondary N) is 1. The van der Waals surface area contributed by atoms with Gasteiger partial charge in [0, 0.05) is 16.2 Å². The highest BCUT2D eigenvalue weighted by Crippen LogP contribution is 2.11. The topological polar surface area (TPSA) is 52.9 Å². The summed E-state index contributed by atoms with van der Waals surface area (Å²) in [5, 5.41) is 11.2. The van der Waals surface area contributed by atoms with E-state index in [0.29, 0.717) is 11.1 Å². The number of rotatable bonds is 1. The van der Waals surface area contributed by atoms with Gasteiger partial charge in [0.2, 0.25) is 0 Å². The molecule has 1 rings (SSSR count). The average Bonchev–Trinajstić information content (AvgIpc) is 2.15. The molecule has 1 N–H and O–H groups in total. The van der Waals surface area contributed by atoms with E-state index >= 15 is 0 Å². The van der Waals surface area contributed by atoms with E-state index in [2.05, 4.69) is 27.9 Å². The molecule has 4 heteroatoms. The summed E-state index contributed by atoms with van der Waals surface area (Å²) in [6.07, 6.45) is 0. The lowest BCUT2D eigenvalue weighted by atomic mass is 10.1. The molecule has 0 spiro atoms. The Morgan fingerprint density at radius 1 is 1.54 bits per heavy atom. The minimum atomic E-state index is -0.171. The van der Waals surface area contributed by atoms with Crippen LogP contribution in [0.5, 0.6) is 0 Å². The van der Waals surface area contributed by atoms with Crippen LogP contribution in [0.2, 0.25) is 0 Å². The first kappa shape index (κ1) is 9.99. The first-order chi connectivity index (χ1) is 6.17. The van der Waals surface area contributed by atoms with Gasteiger partial charge in [-0.25, -0.2) is 0 Å². The molecule has 0 saturated heterocycles. The summed E-state index contributed by atoms with van der Waals surface area (Å²) in [5.74, 6) is -0.171. The Hall–Kier alpha value is -1.09. The predicted molar refractivity (Wildman–Crippen MR) is 57.3 cm³/mol. The monoisotopic (exact) mass is 286 g/mol. The normalized spacial score (nSPS) is 9.00. The van der Waals surface area contributed by atoms with Gasteiger partial charge in [-0.15, -0.1) is 0 Å². The van der Waals surface area contributed by atoms with Gasteiger partial charge in [0.1, 0.15) is 0 Å². The maximum atomic E-state index is 11.2. The van der Waals surface area contributed by atoms with Crippen molar-refractivity contribution in [2.24, 2.45) is 0 Å². The van der Waals surface area contributed by atoms with Crippen LogP contribution in [-0.2, 0) is 0 Å². The van der Waals surface area contributed by atoms with Crippen molar-refractivity contribution in [2.75, 3.05) is 7.05 Å². The minimum Gasteiger partial charge on any atom is -0.355 e. The average molecular weight is 286 g/mol. The number of carbonyl (C=O) groups is 1. The van der Waals surface area contributed by atoms with Crippen molar-refractivity contribution in [2.45, 2.75) is 0 Å². The van der Waals surface area contributed by atoms with Crippen LogP contribution in [0.4, 0.5) is 0 Å². The van der Waals surface area contributed by atoms with Gasteiger partial charge >= 0.3 is 0 Å². The van der Waals surface area contributed by atoms with Crippen LogP contribution in [-0.4, -0.2) is 13.0 Å². The standard InChI is InChI=1S/C9H7IN2O/c1-12-9(13)7-2-6(5-11)3-8(10)4-7/h2-4H,1H3,(H,12,13). The predicted octanol–water partition coefficient (Wildman–Crippen LogP) is 1.52. The Bertz CT molecular complexity index is 382. The van der Waals surface area contributed by atoms with Crippen molar-refractivity contribution in [3.63, 3.8) is 0 Å². The number of benzene rings is 1. The molecule has 3 nitrogen and oxygen atoms in total. The summed E-state index contributed by atoms with van der Waals surface area (Å²) in [6, 6.07) is 7.04. The van der Waals surface area contributed by atoms with Crippen LogP contribution in [0.3, 0.4) is 0 Å². The third-order valence-electron chi connectivity index (χ3n) is 1.52. The summed E-state index contributed by atoms with van der Waals surface area (Å²) in [6.45, 7) is 0. The zero-order chi connectivity index (χ0) is 9.84. The molecule has 0 fully saturated rings. The van der Waals surface area contributed by atoms with Gasteiger partial charge in [-0.1, -0.05) is 0 Å². The van der Waals surface area contributed by atoms with E-state index < -0.39 is 0 Å². The van der Waals surface area contributed by atoms with E-state index in [1.807, 2.05) is 6.07 Å². The highest BCUT2D eigenvalue weighted by atomic mass is 127. The molecule has 66 valence electrons. The van der Waals surface area contributed by atoms with Crippen molar-refractivity contribution < 1.29 is 4.79 Å². The maximum Gasteiger partial charge on any atom is 0.251 e. The third kappa shape index (κ3) is 2.42. The van der Waals surface area contributed by atoms with Crippen LogP contribution in [0.25, 0.3) is 0 Å². The van der Waals surface area contributed by atoms with Crippen molar-refractivity contribution >= 4 is 28.5 Å². The number of hydrogen-bond acceptors (Lipinski definition) is 2. The van der Waals surface area contributed by atoms with E-state index in [9.17, 15) is 4.79 Å². The Morgan fingerprint density at radius 3 is 2.77 bits per heavy atom. The van der Waals surface area contributed by atoms with Crippen molar-refractivity contribution in [3.8, 4) is 6.07 Å². The zero-order valence-corrected chi connectivity index (χ0v) is 9.12. The molecule has 0 saturated carbocycles. The number of carbonyl (C=O) groups excluding carboxylic acids is 1. The number of nitriles is 1. The Labute approximate surface area is 89.9 Å². The highest BCUT2D eigenvalue weighted by Gasteiger charge is 2.05. The largest absolute Gasteiger partial charge is 0.355 e. The first-order valence-electron chi connectivity index (χ1n) is 3.60. The fourth-order valence-electron chi connectivity index (χ4n) is 0.930. The lowest BCUT2D eigenvalue weighted by Crippen LogP contribution is -2.17. The van der Waals surface area contributed by atoms with Crippen molar-refractivity contribution in [1.29, 1.82) is 5.26 Å². The van der Waals surface area contributed by atoms with Crippen molar-refractivity contribution in [1.82, 2.24) is 5.32 Å². The minimum absolute atomic E-state index is 0.171. The lowest BCUT2D eigenvalue weighted by molar-refractivity contribution is 0.0963. The summed E-state index contributed by atoms with van der Waals surface area (Å²) >= 11 is 2.07. The van der Waals surface area contributed by atoms with E-state index in [-0.39, 0.29) is 5.91 Å². The summed E-state index contributed by atoms with van der Waals surface area (Å²) in [5.41, 5.74) is 1.02. The Balaban J connectivity index is 3.17. The van der Waals surface area contributed by atoms with Crippen LogP contribution in [0.15, 0.2) is 18.2 Å². The smallest absolute Gasteiger partial charge is 0.251 e. The second-order valence-electron chi connectivity index (χ2n) is 2.42. The first-order valence-corrected chi connectivity index (χ1v) is 4.68. The molecule has 0 radical (unpaired) electrons. The third-order valence-corrected chi connectivity index (χ3v) is 2.14. The maximum absolute atomic E-state index is 11.2. The van der Waals surface area contributed by atoms with Crippen LogP contribution >= 0.6 is 22.6 Å². The van der Waals surface area contributed by atoms with Gasteiger partial charge < -0.3 is 5.32 Å². The van der Waals surface area contributed by atoms with E-state index in [0.717, 1.165) is 3.57 Å². The molecule has 0 aliphatic heterocycles. The lowest BCUT2D eigenvalue weighted by Gasteiger charge is -2.00.